The molecule has 0 aliphatic rings. The van der Waals surface area contributed by atoms with E-state index >= 15 is 0 Å². The number of alkyl halides is 1. The maximum absolute atomic E-state index is 6.05. The van der Waals surface area contributed by atoms with E-state index in [-0.39, 0.29) is 0 Å². The van der Waals surface area contributed by atoms with Gasteiger partial charge in [-0.1, -0.05) is 26.0 Å². The van der Waals surface area contributed by atoms with Crippen molar-refractivity contribution in [2.24, 2.45) is 5.92 Å². The summed E-state index contributed by atoms with van der Waals surface area (Å²) in [5.74, 6) is 2.12. The third-order valence-electron chi connectivity index (χ3n) is 3.36. The molecule has 1 heterocycles. The Balaban J connectivity index is 2.59. The highest BCUT2D eigenvalue weighted by Crippen LogP contribution is 2.28. The van der Waals surface area contributed by atoms with E-state index in [0.717, 1.165) is 17.8 Å². The molecule has 0 saturated carbocycles. The Bertz CT molecular complexity index is 543. The predicted octanol–water partition coefficient (Wildman–Crippen LogP) is 4.69. The van der Waals surface area contributed by atoms with Gasteiger partial charge in [0.2, 0.25) is 0 Å². The molecule has 0 bridgehead atoms. The van der Waals surface area contributed by atoms with Gasteiger partial charge in [0.05, 0.1) is 16.9 Å². The van der Waals surface area contributed by atoms with Crippen molar-refractivity contribution in [3.05, 3.63) is 29.6 Å². The third-order valence-corrected chi connectivity index (χ3v) is 3.60. The third kappa shape index (κ3) is 2.39. The lowest BCUT2D eigenvalue weighted by Crippen LogP contribution is -2.11. The van der Waals surface area contributed by atoms with Gasteiger partial charge in [-0.05, 0) is 37.8 Å². The molecule has 2 aromatic rings. The van der Waals surface area contributed by atoms with Gasteiger partial charge < -0.3 is 4.57 Å². The number of hydrogen-bond acceptors (Lipinski definition) is 1. The molecule has 2 nitrogen and oxygen atoms in total. The summed E-state index contributed by atoms with van der Waals surface area (Å²) < 4.78 is 2.32. The maximum atomic E-state index is 6.05. The van der Waals surface area contributed by atoms with Gasteiger partial charge in [-0.2, -0.15) is 0 Å². The van der Waals surface area contributed by atoms with Gasteiger partial charge in [0.1, 0.15) is 5.82 Å². The van der Waals surface area contributed by atoms with Crippen LogP contribution in [0.1, 0.15) is 44.6 Å². The minimum atomic E-state index is 0.435. The van der Waals surface area contributed by atoms with Crippen LogP contribution in [0.5, 0.6) is 0 Å². The summed E-state index contributed by atoms with van der Waals surface area (Å²) in [6.07, 6.45) is 1.14. The van der Waals surface area contributed by atoms with E-state index in [1.807, 2.05) is 0 Å². The highest BCUT2D eigenvalue weighted by molar-refractivity contribution is 6.16. The van der Waals surface area contributed by atoms with Crippen LogP contribution in [0.4, 0.5) is 0 Å². The summed E-state index contributed by atoms with van der Waals surface area (Å²) in [6.45, 7) is 8.90. The molecule has 3 heteroatoms. The van der Waals surface area contributed by atoms with Crippen molar-refractivity contribution in [1.82, 2.24) is 9.55 Å². The summed E-state index contributed by atoms with van der Waals surface area (Å²) in [4.78, 5) is 4.65. The lowest BCUT2D eigenvalue weighted by atomic mass is 10.0. The minimum Gasteiger partial charge on any atom is -0.324 e. The molecular weight excluding hydrogens is 244 g/mol. The number of fused-ring (bicyclic) bond motifs is 1. The molecule has 18 heavy (non-hydrogen) atoms. The standard InChI is InChI=1S/C15H21ClN2/c1-10(2)8-12(4)18-14(9-16)17-13-7-5-6-11(3)15(13)18/h5-7,10,12H,8-9H2,1-4H3. The van der Waals surface area contributed by atoms with Gasteiger partial charge in [-0.15, -0.1) is 11.6 Å². The first kappa shape index (κ1) is 13.4. The largest absolute Gasteiger partial charge is 0.324 e. The van der Waals surface area contributed by atoms with Crippen LogP contribution in [-0.2, 0) is 5.88 Å². The highest BCUT2D eigenvalue weighted by atomic mass is 35.5. The number of halogens is 1. The van der Waals surface area contributed by atoms with Crippen LogP contribution in [0.3, 0.4) is 0 Å². The van der Waals surface area contributed by atoms with Crippen molar-refractivity contribution in [1.29, 1.82) is 0 Å². The number of para-hydroxylation sites is 1. The zero-order valence-electron chi connectivity index (χ0n) is 11.6. The Morgan fingerprint density at radius 2 is 2.00 bits per heavy atom. The van der Waals surface area contributed by atoms with Crippen molar-refractivity contribution in [2.75, 3.05) is 0 Å². The van der Waals surface area contributed by atoms with Crippen LogP contribution in [-0.4, -0.2) is 9.55 Å². The van der Waals surface area contributed by atoms with Crippen LogP contribution in [0.2, 0.25) is 0 Å². The molecule has 1 unspecified atom stereocenters. The van der Waals surface area contributed by atoms with Gasteiger partial charge in [0.15, 0.2) is 0 Å². The normalized spacial score (nSPS) is 13.4. The van der Waals surface area contributed by atoms with Crippen LogP contribution >= 0.6 is 11.6 Å². The summed E-state index contributed by atoms with van der Waals surface area (Å²) in [5, 5.41) is 0. The fraction of sp³-hybridized carbons (Fsp3) is 0.533. The fourth-order valence-corrected chi connectivity index (χ4v) is 2.91. The summed E-state index contributed by atoms with van der Waals surface area (Å²) in [6, 6.07) is 6.70. The first-order valence-corrected chi connectivity index (χ1v) is 7.10. The second-order valence-electron chi connectivity index (χ2n) is 5.45. The fourth-order valence-electron chi connectivity index (χ4n) is 2.73. The molecule has 0 saturated heterocycles. The lowest BCUT2D eigenvalue weighted by molar-refractivity contribution is 0.428. The molecule has 0 amide bonds. The molecular formula is C15H21ClN2. The maximum Gasteiger partial charge on any atom is 0.125 e. The second-order valence-corrected chi connectivity index (χ2v) is 5.72. The Labute approximate surface area is 114 Å². The topological polar surface area (TPSA) is 17.8 Å². The molecule has 1 aromatic heterocycles. The quantitative estimate of drug-likeness (QED) is 0.733. The number of imidazole rings is 1. The number of aromatic nitrogens is 2. The van der Waals surface area contributed by atoms with Crippen LogP contribution in [0.15, 0.2) is 18.2 Å². The Kier molecular flexibility index (Phi) is 3.96. The molecule has 0 aliphatic heterocycles. The summed E-state index contributed by atoms with van der Waals surface area (Å²) in [5.41, 5.74) is 3.56. The van der Waals surface area contributed by atoms with E-state index < -0.39 is 0 Å². The van der Waals surface area contributed by atoms with E-state index in [4.69, 9.17) is 11.6 Å². The molecule has 0 fully saturated rings. The zero-order valence-corrected chi connectivity index (χ0v) is 12.3. The smallest absolute Gasteiger partial charge is 0.125 e. The average Bonchev–Trinajstić information content (AvgIpc) is 2.68. The van der Waals surface area contributed by atoms with Crippen molar-refractivity contribution < 1.29 is 0 Å². The SMILES string of the molecule is Cc1cccc2nc(CCl)n(C(C)CC(C)C)c12. The molecule has 0 radical (unpaired) electrons. The van der Waals surface area contributed by atoms with Crippen molar-refractivity contribution in [3.63, 3.8) is 0 Å². The van der Waals surface area contributed by atoms with Gasteiger partial charge >= 0.3 is 0 Å². The van der Waals surface area contributed by atoms with Crippen LogP contribution in [0, 0.1) is 12.8 Å². The van der Waals surface area contributed by atoms with Gasteiger partial charge in [0.25, 0.3) is 0 Å². The zero-order chi connectivity index (χ0) is 13.3. The van der Waals surface area contributed by atoms with E-state index in [0.29, 0.717) is 17.8 Å². The van der Waals surface area contributed by atoms with E-state index in [1.54, 1.807) is 0 Å². The number of benzene rings is 1. The number of aryl methyl sites for hydroxylation is 1. The van der Waals surface area contributed by atoms with Crippen molar-refractivity contribution in [3.8, 4) is 0 Å². The highest BCUT2D eigenvalue weighted by Gasteiger charge is 2.17. The van der Waals surface area contributed by atoms with Crippen LogP contribution in [0.25, 0.3) is 11.0 Å². The van der Waals surface area contributed by atoms with E-state index in [2.05, 4.69) is 55.4 Å². The number of rotatable bonds is 4. The first-order chi connectivity index (χ1) is 8.54. The Hall–Kier alpha value is -1.02. The van der Waals surface area contributed by atoms with Crippen molar-refractivity contribution >= 4 is 22.6 Å². The summed E-state index contributed by atoms with van der Waals surface area (Å²) in [7, 11) is 0. The second kappa shape index (κ2) is 5.31. The van der Waals surface area contributed by atoms with E-state index in [9.17, 15) is 0 Å². The Morgan fingerprint density at radius 3 is 2.61 bits per heavy atom. The number of hydrogen-bond donors (Lipinski definition) is 0. The lowest BCUT2D eigenvalue weighted by Gasteiger charge is -2.19. The van der Waals surface area contributed by atoms with Crippen LogP contribution < -0.4 is 0 Å². The monoisotopic (exact) mass is 264 g/mol. The molecule has 0 spiro atoms. The average molecular weight is 265 g/mol. The molecule has 98 valence electrons. The minimum absolute atomic E-state index is 0.435. The molecule has 0 N–H and O–H groups in total. The molecule has 2 rings (SSSR count). The Morgan fingerprint density at radius 1 is 1.28 bits per heavy atom. The van der Waals surface area contributed by atoms with Gasteiger partial charge in [-0.25, -0.2) is 4.98 Å². The summed E-state index contributed by atoms with van der Waals surface area (Å²) >= 11 is 6.05. The molecule has 0 aliphatic carbocycles. The molecule has 1 aromatic carbocycles. The van der Waals surface area contributed by atoms with Crippen molar-refractivity contribution in [2.45, 2.75) is 46.0 Å². The molecule has 1 atom stereocenters. The number of nitrogens with zero attached hydrogens (tertiary/aromatic N) is 2. The first-order valence-electron chi connectivity index (χ1n) is 6.57. The predicted molar refractivity (Wildman–Crippen MR) is 78.2 cm³/mol. The van der Waals surface area contributed by atoms with E-state index in [1.165, 1.54) is 11.1 Å². The van der Waals surface area contributed by atoms with Gasteiger partial charge in [-0.3, -0.25) is 0 Å². The van der Waals surface area contributed by atoms with Gasteiger partial charge in [0, 0.05) is 6.04 Å².